The van der Waals surface area contributed by atoms with Crippen molar-refractivity contribution >= 4 is 29.2 Å². The zero-order valence-corrected chi connectivity index (χ0v) is 24.9. The molecule has 41 heavy (non-hydrogen) atoms. The van der Waals surface area contributed by atoms with Crippen LogP contribution in [0.15, 0.2) is 71.9 Å². The summed E-state index contributed by atoms with van der Waals surface area (Å²) in [6.45, 7) is 9.40. The average Bonchev–Trinajstić information content (AvgIpc) is 3.37. The van der Waals surface area contributed by atoms with Gasteiger partial charge in [0.1, 0.15) is 10.4 Å². The SMILES string of the molecule is CCOC(=O)C1=C(C)NC(C)C(C(=O)OCC)(c2ccccc2)C1c1nc(C(=O)OCC)c(Cc2ccccc2)s1. The number of allylic oxidation sites excluding steroid dienone is 1. The third-order valence-electron chi connectivity index (χ3n) is 7.26. The van der Waals surface area contributed by atoms with Gasteiger partial charge in [-0.05, 0) is 45.7 Å². The second-order valence-electron chi connectivity index (χ2n) is 9.72. The van der Waals surface area contributed by atoms with Crippen LogP contribution >= 0.6 is 11.3 Å². The summed E-state index contributed by atoms with van der Waals surface area (Å²) < 4.78 is 16.6. The summed E-state index contributed by atoms with van der Waals surface area (Å²) in [6.07, 6.45) is 0.433. The Morgan fingerprint density at radius 2 is 1.46 bits per heavy atom. The number of nitrogens with one attached hydrogen (secondary N) is 1. The number of hydrogen-bond donors (Lipinski definition) is 1. The van der Waals surface area contributed by atoms with Crippen molar-refractivity contribution in [2.24, 2.45) is 0 Å². The molecule has 3 atom stereocenters. The van der Waals surface area contributed by atoms with E-state index in [1.807, 2.05) is 67.6 Å². The van der Waals surface area contributed by atoms with E-state index in [2.05, 4.69) is 5.32 Å². The minimum Gasteiger partial charge on any atom is -0.465 e. The molecule has 0 fully saturated rings. The predicted octanol–water partition coefficient (Wildman–Crippen LogP) is 5.32. The van der Waals surface area contributed by atoms with Crippen LogP contribution in [0.5, 0.6) is 0 Å². The van der Waals surface area contributed by atoms with Gasteiger partial charge >= 0.3 is 17.9 Å². The summed E-state index contributed by atoms with van der Waals surface area (Å²) in [7, 11) is 0. The molecule has 3 aromatic rings. The normalized spacial score (nSPS) is 20.2. The average molecular weight is 577 g/mol. The molecule has 0 saturated carbocycles. The van der Waals surface area contributed by atoms with Gasteiger partial charge in [0.25, 0.3) is 0 Å². The van der Waals surface area contributed by atoms with Crippen molar-refractivity contribution in [2.45, 2.75) is 58.4 Å². The van der Waals surface area contributed by atoms with E-state index in [4.69, 9.17) is 19.2 Å². The molecule has 0 aliphatic carbocycles. The molecule has 9 heteroatoms. The molecule has 0 amide bonds. The van der Waals surface area contributed by atoms with Crippen LogP contribution in [0.1, 0.15) is 72.0 Å². The summed E-state index contributed by atoms with van der Waals surface area (Å²) in [5, 5.41) is 3.80. The molecule has 0 radical (unpaired) electrons. The van der Waals surface area contributed by atoms with Crippen LogP contribution in [0.2, 0.25) is 0 Å². The van der Waals surface area contributed by atoms with Crippen molar-refractivity contribution < 1.29 is 28.6 Å². The number of benzene rings is 2. The van der Waals surface area contributed by atoms with E-state index >= 15 is 0 Å². The zero-order chi connectivity index (χ0) is 29.6. The fraction of sp³-hybridized carbons (Fsp3) is 0.375. The molecule has 1 N–H and O–H groups in total. The molecular weight excluding hydrogens is 540 g/mol. The lowest BCUT2D eigenvalue weighted by Gasteiger charge is -2.47. The first-order valence-corrected chi connectivity index (χ1v) is 14.7. The molecule has 0 saturated heterocycles. The first-order valence-electron chi connectivity index (χ1n) is 13.9. The number of ether oxygens (including phenoxy) is 3. The molecule has 2 heterocycles. The minimum absolute atomic E-state index is 0.148. The maximum absolute atomic E-state index is 14.2. The third kappa shape index (κ3) is 5.77. The monoisotopic (exact) mass is 576 g/mol. The van der Waals surface area contributed by atoms with Crippen molar-refractivity contribution in [1.82, 2.24) is 10.3 Å². The number of carbonyl (C=O) groups is 3. The second-order valence-corrected chi connectivity index (χ2v) is 10.8. The summed E-state index contributed by atoms with van der Waals surface area (Å²) in [5.74, 6) is -2.51. The Morgan fingerprint density at radius 3 is 2.07 bits per heavy atom. The summed E-state index contributed by atoms with van der Waals surface area (Å²) >= 11 is 1.30. The molecule has 1 aliphatic heterocycles. The number of hydrogen-bond acceptors (Lipinski definition) is 9. The molecule has 0 bridgehead atoms. The minimum atomic E-state index is -1.40. The van der Waals surface area contributed by atoms with E-state index in [1.165, 1.54) is 11.3 Å². The lowest BCUT2D eigenvalue weighted by molar-refractivity contribution is -0.153. The van der Waals surface area contributed by atoms with Crippen LogP contribution in [0.3, 0.4) is 0 Å². The molecule has 2 aromatic carbocycles. The molecule has 216 valence electrons. The molecular formula is C32H36N2O6S. The van der Waals surface area contributed by atoms with E-state index in [1.54, 1.807) is 27.7 Å². The molecule has 3 unspecified atom stereocenters. The lowest BCUT2D eigenvalue weighted by Crippen LogP contribution is -2.60. The Labute approximate surface area is 244 Å². The number of thiazole rings is 1. The zero-order valence-electron chi connectivity index (χ0n) is 24.1. The van der Waals surface area contributed by atoms with Crippen LogP contribution in [-0.4, -0.2) is 48.8 Å². The Bertz CT molecular complexity index is 1420. The highest BCUT2D eigenvalue weighted by Crippen LogP contribution is 2.52. The van der Waals surface area contributed by atoms with Gasteiger partial charge in [0.15, 0.2) is 5.69 Å². The van der Waals surface area contributed by atoms with Gasteiger partial charge < -0.3 is 19.5 Å². The number of aromatic nitrogens is 1. The van der Waals surface area contributed by atoms with Crippen molar-refractivity contribution in [2.75, 3.05) is 19.8 Å². The maximum atomic E-state index is 14.2. The van der Waals surface area contributed by atoms with Gasteiger partial charge in [0, 0.05) is 23.0 Å². The highest BCUT2D eigenvalue weighted by molar-refractivity contribution is 7.12. The third-order valence-corrected chi connectivity index (χ3v) is 8.38. The Kier molecular flexibility index (Phi) is 9.60. The van der Waals surface area contributed by atoms with Crippen molar-refractivity contribution in [1.29, 1.82) is 0 Å². The topological polar surface area (TPSA) is 104 Å². The van der Waals surface area contributed by atoms with Crippen LogP contribution in [0.4, 0.5) is 0 Å². The Morgan fingerprint density at radius 1 is 0.878 bits per heavy atom. The van der Waals surface area contributed by atoms with Crippen LogP contribution < -0.4 is 5.32 Å². The van der Waals surface area contributed by atoms with Gasteiger partial charge in [-0.3, -0.25) is 4.79 Å². The second kappa shape index (κ2) is 13.1. The van der Waals surface area contributed by atoms with Gasteiger partial charge in [-0.1, -0.05) is 60.7 Å². The number of rotatable bonds is 10. The standard InChI is InChI=1S/C32H36N2O6S/c1-6-38-29(35)25-20(4)33-21(5)32(31(37)40-8-3,23-17-13-10-14-18-23)26(25)28-34-27(30(36)39-7-2)24(41-28)19-22-15-11-9-12-16-22/h9-18,21,26,33H,6-8,19H2,1-5H3. The highest BCUT2D eigenvalue weighted by Gasteiger charge is 2.59. The molecule has 0 spiro atoms. The summed E-state index contributed by atoms with van der Waals surface area (Å²) in [5.41, 5.74) is 1.28. The van der Waals surface area contributed by atoms with Crippen molar-refractivity contribution in [3.63, 3.8) is 0 Å². The first-order chi connectivity index (χ1) is 19.8. The van der Waals surface area contributed by atoms with Gasteiger partial charge in [0.05, 0.1) is 31.3 Å². The number of nitrogens with zero attached hydrogens (tertiary/aromatic N) is 1. The molecule has 8 nitrogen and oxygen atoms in total. The van der Waals surface area contributed by atoms with E-state index in [-0.39, 0.29) is 31.1 Å². The molecule has 4 rings (SSSR count). The van der Waals surface area contributed by atoms with Gasteiger partial charge in [-0.15, -0.1) is 11.3 Å². The maximum Gasteiger partial charge on any atom is 0.358 e. The van der Waals surface area contributed by atoms with Crippen LogP contribution in [-0.2, 0) is 35.6 Å². The number of carbonyl (C=O) groups excluding carboxylic acids is 3. The first kappa shape index (κ1) is 30.0. The smallest absolute Gasteiger partial charge is 0.358 e. The Balaban J connectivity index is 2.04. The largest absolute Gasteiger partial charge is 0.465 e. The number of esters is 3. The van der Waals surface area contributed by atoms with Crippen LogP contribution in [0, 0.1) is 0 Å². The lowest BCUT2D eigenvalue weighted by atomic mass is 9.61. The van der Waals surface area contributed by atoms with Crippen molar-refractivity contribution in [3.8, 4) is 0 Å². The summed E-state index contributed by atoms with van der Waals surface area (Å²) in [6, 6.07) is 18.5. The van der Waals surface area contributed by atoms with E-state index in [0.717, 1.165) is 5.56 Å². The van der Waals surface area contributed by atoms with E-state index in [0.29, 0.717) is 27.6 Å². The van der Waals surface area contributed by atoms with Crippen molar-refractivity contribution in [3.05, 3.63) is 98.6 Å². The van der Waals surface area contributed by atoms with E-state index in [9.17, 15) is 14.4 Å². The highest BCUT2D eigenvalue weighted by atomic mass is 32.1. The van der Waals surface area contributed by atoms with E-state index < -0.39 is 35.3 Å². The van der Waals surface area contributed by atoms with Crippen LogP contribution in [0.25, 0.3) is 0 Å². The molecule has 1 aromatic heterocycles. The van der Waals surface area contributed by atoms with Gasteiger partial charge in [0.2, 0.25) is 0 Å². The molecule has 1 aliphatic rings. The predicted molar refractivity (Wildman–Crippen MR) is 157 cm³/mol. The quantitative estimate of drug-likeness (QED) is 0.255. The fourth-order valence-electron chi connectivity index (χ4n) is 5.56. The van der Waals surface area contributed by atoms with Gasteiger partial charge in [-0.2, -0.15) is 0 Å². The van der Waals surface area contributed by atoms with Gasteiger partial charge in [-0.25, -0.2) is 14.6 Å². The fourth-order valence-corrected chi connectivity index (χ4v) is 6.83. The Hall–Kier alpha value is -3.98. The summed E-state index contributed by atoms with van der Waals surface area (Å²) in [4.78, 5) is 46.5.